The van der Waals surface area contributed by atoms with Crippen LogP contribution in [0, 0.1) is 23.4 Å². The highest BCUT2D eigenvalue weighted by Crippen LogP contribution is 2.38. The summed E-state index contributed by atoms with van der Waals surface area (Å²) in [5.74, 6) is -0.396. The summed E-state index contributed by atoms with van der Waals surface area (Å²) in [6.45, 7) is 2.20. The van der Waals surface area contributed by atoms with E-state index in [0.29, 0.717) is 35.3 Å². The van der Waals surface area contributed by atoms with Crippen molar-refractivity contribution < 1.29 is 17.9 Å². The van der Waals surface area contributed by atoms with Crippen LogP contribution in [0.25, 0.3) is 11.1 Å². The first-order valence-corrected chi connectivity index (χ1v) is 11.9. The number of aryl methyl sites for hydroxylation is 2. The van der Waals surface area contributed by atoms with Crippen LogP contribution in [0.4, 0.5) is 13.2 Å². The lowest BCUT2D eigenvalue weighted by Gasteiger charge is -2.28. The largest absolute Gasteiger partial charge is 0.497 e. The molecule has 3 aromatic carbocycles. The van der Waals surface area contributed by atoms with Crippen molar-refractivity contribution in [3.8, 4) is 16.9 Å². The number of methoxy groups -OCH3 is 1. The second-order valence-electron chi connectivity index (χ2n) is 9.11. The van der Waals surface area contributed by atoms with Crippen molar-refractivity contribution in [2.75, 3.05) is 7.11 Å². The Morgan fingerprint density at radius 3 is 2.18 bits per heavy atom. The van der Waals surface area contributed by atoms with E-state index in [-0.39, 0.29) is 11.7 Å². The van der Waals surface area contributed by atoms with Gasteiger partial charge in [0.05, 0.1) is 7.11 Å². The van der Waals surface area contributed by atoms with Gasteiger partial charge in [-0.1, -0.05) is 49.7 Å². The summed E-state index contributed by atoms with van der Waals surface area (Å²) in [6, 6.07) is 15.8. The molecule has 0 amide bonds. The predicted molar refractivity (Wildman–Crippen MR) is 127 cm³/mol. The van der Waals surface area contributed by atoms with E-state index < -0.39 is 11.6 Å². The number of halogens is 3. The first-order chi connectivity index (χ1) is 16.0. The van der Waals surface area contributed by atoms with Gasteiger partial charge in [-0.2, -0.15) is 0 Å². The molecule has 0 atom stereocenters. The Morgan fingerprint density at radius 1 is 0.818 bits per heavy atom. The summed E-state index contributed by atoms with van der Waals surface area (Å²) < 4.78 is 49.1. The topological polar surface area (TPSA) is 9.23 Å². The fourth-order valence-corrected chi connectivity index (χ4v) is 4.98. The predicted octanol–water partition coefficient (Wildman–Crippen LogP) is 8.25. The van der Waals surface area contributed by atoms with Gasteiger partial charge in [-0.05, 0) is 84.7 Å². The molecule has 0 aliphatic heterocycles. The van der Waals surface area contributed by atoms with E-state index in [2.05, 4.69) is 6.92 Å². The molecule has 0 radical (unpaired) electrons. The normalized spacial score (nSPS) is 18.3. The summed E-state index contributed by atoms with van der Waals surface area (Å²) in [5, 5.41) is 0. The molecule has 4 rings (SSSR count). The molecule has 0 bridgehead atoms. The van der Waals surface area contributed by atoms with Gasteiger partial charge in [0.15, 0.2) is 11.6 Å². The molecular formula is C29H31F3O. The SMILES string of the molecule is CCC1CCC(c2ccc(CCc3ccc(-c4ccc(OC)cc4F)cc3)c(F)c2F)CC1. The average molecular weight is 453 g/mol. The zero-order chi connectivity index (χ0) is 23.4. The molecule has 4 heteroatoms. The number of hydrogen-bond donors (Lipinski definition) is 0. The molecular weight excluding hydrogens is 421 g/mol. The lowest BCUT2D eigenvalue weighted by molar-refractivity contribution is 0.312. The first kappa shape index (κ1) is 23.4. The van der Waals surface area contributed by atoms with E-state index in [0.717, 1.165) is 42.7 Å². The molecule has 33 heavy (non-hydrogen) atoms. The Hall–Kier alpha value is -2.75. The molecule has 1 nitrogen and oxygen atoms in total. The van der Waals surface area contributed by atoms with Crippen molar-refractivity contribution in [1.82, 2.24) is 0 Å². The van der Waals surface area contributed by atoms with E-state index >= 15 is 0 Å². The first-order valence-electron chi connectivity index (χ1n) is 11.9. The smallest absolute Gasteiger partial charge is 0.162 e. The van der Waals surface area contributed by atoms with Crippen molar-refractivity contribution in [2.24, 2.45) is 5.92 Å². The summed E-state index contributed by atoms with van der Waals surface area (Å²) in [4.78, 5) is 0. The maximum absolute atomic E-state index is 14.9. The molecule has 0 N–H and O–H groups in total. The highest BCUT2D eigenvalue weighted by molar-refractivity contribution is 5.65. The molecule has 174 valence electrons. The fourth-order valence-electron chi connectivity index (χ4n) is 4.98. The quantitative estimate of drug-likeness (QED) is 0.351. The van der Waals surface area contributed by atoms with Crippen molar-refractivity contribution in [3.05, 3.63) is 88.7 Å². The third kappa shape index (κ3) is 5.26. The highest BCUT2D eigenvalue weighted by Gasteiger charge is 2.25. The molecule has 0 saturated heterocycles. The van der Waals surface area contributed by atoms with Crippen LogP contribution in [0.5, 0.6) is 5.75 Å². The Balaban J connectivity index is 1.41. The van der Waals surface area contributed by atoms with Gasteiger partial charge in [-0.25, -0.2) is 13.2 Å². The van der Waals surface area contributed by atoms with E-state index in [1.54, 1.807) is 24.3 Å². The average Bonchev–Trinajstić information content (AvgIpc) is 2.85. The zero-order valence-corrected chi connectivity index (χ0v) is 19.3. The molecule has 1 fully saturated rings. The minimum atomic E-state index is -0.706. The van der Waals surface area contributed by atoms with Crippen molar-refractivity contribution >= 4 is 0 Å². The zero-order valence-electron chi connectivity index (χ0n) is 19.3. The van der Waals surface area contributed by atoms with Crippen molar-refractivity contribution in [1.29, 1.82) is 0 Å². The Morgan fingerprint density at radius 2 is 1.55 bits per heavy atom. The second kappa shape index (κ2) is 10.5. The molecule has 0 spiro atoms. The van der Waals surface area contributed by atoms with Crippen LogP contribution in [-0.2, 0) is 12.8 Å². The van der Waals surface area contributed by atoms with Crippen LogP contribution in [-0.4, -0.2) is 7.11 Å². The summed E-state index contributed by atoms with van der Waals surface area (Å²) in [6.07, 6.45) is 6.24. The van der Waals surface area contributed by atoms with Crippen LogP contribution in [0.15, 0.2) is 54.6 Å². The van der Waals surface area contributed by atoms with Gasteiger partial charge in [0.25, 0.3) is 0 Å². The van der Waals surface area contributed by atoms with Gasteiger partial charge >= 0.3 is 0 Å². The van der Waals surface area contributed by atoms with E-state index in [9.17, 15) is 13.2 Å². The maximum Gasteiger partial charge on any atom is 0.162 e. The standard InChI is InChI=1S/C29H31F3O/c1-3-19-4-9-22(10-5-19)26-16-14-23(28(31)29(26)32)13-8-20-6-11-21(12-7-20)25-17-15-24(33-2)18-27(25)30/h6-7,11-12,14-19,22H,3-5,8-10,13H2,1-2H3. The fraction of sp³-hybridized carbons (Fsp3) is 0.379. The minimum Gasteiger partial charge on any atom is -0.497 e. The van der Waals surface area contributed by atoms with Gasteiger partial charge in [0, 0.05) is 11.6 Å². The summed E-state index contributed by atoms with van der Waals surface area (Å²) in [5.41, 5.74) is 3.20. The number of rotatable bonds is 7. The number of hydrogen-bond acceptors (Lipinski definition) is 1. The van der Waals surface area contributed by atoms with Gasteiger partial charge in [-0.15, -0.1) is 0 Å². The summed E-state index contributed by atoms with van der Waals surface area (Å²) >= 11 is 0. The van der Waals surface area contributed by atoms with Gasteiger partial charge in [0.2, 0.25) is 0 Å². The number of ether oxygens (including phenoxy) is 1. The molecule has 1 saturated carbocycles. The second-order valence-corrected chi connectivity index (χ2v) is 9.11. The van der Waals surface area contributed by atoms with Crippen LogP contribution in [0.1, 0.15) is 61.6 Å². The summed E-state index contributed by atoms with van der Waals surface area (Å²) in [7, 11) is 1.50. The lowest BCUT2D eigenvalue weighted by atomic mass is 9.77. The lowest BCUT2D eigenvalue weighted by Crippen LogP contribution is -2.14. The third-order valence-corrected chi connectivity index (χ3v) is 7.18. The number of benzene rings is 3. The highest BCUT2D eigenvalue weighted by atomic mass is 19.2. The molecule has 0 heterocycles. The van der Waals surface area contributed by atoms with Gasteiger partial charge in [0.1, 0.15) is 11.6 Å². The maximum atomic E-state index is 14.9. The van der Waals surface area contributed by atoms with E-state index in [1.807, 2.05) is 24.3 Å². The van der Waals surface area contributed by atoms with Gasteiger partial charge in [-0.3, -0.25) is 0 Å². The van der Waals surface area contributed by atoms with Crippen LogP contribution in [0.3, 0.4) is 0 Å². The molecule has 3 aromatic rings. The molecule has 1 aliphatic carbocycles. The Labute approximate surface area is 194 Å². The van der Waals surface area contributed by atoms with Crippen LogP contribution in [0.2, 0.25) is 0 Å². The van der Waals surface area contributed by atoms with E-state index in [4.69, 9.17) is 4.74 Å². The Kier molecular flexibility index (Phi) is 7.42. The van der Waals surface area contributed by atoms with Crippen molar-refractivity contribution in [2.45, 2.75) is 57.8 Å². The molecule has 0 unspecified atom stereocenters. The third-order valence-electron chi connectivity index (χ3n) is 7.18. The van der Waals surface area contributed by atoms with Gasteiger partial charge < -0.3 is 4.74 Å². The van der Waals surface area contributed by atoms with E-state index in [1.165, 1.54) is 19.6 Å². The monoisotopic (exact) mass is 452 g/mol. The molecule has 1 aliphatic rings. The molecule has 0 aromatic heterocycles. The minimum absolute atomic E-state index is 0.127. The van der Waals surface area contributed by atoms with Crippen LogP contribution >= 0.6 is 0 Å². The Bertz CT molecular complexity index is 1080. The van der Waals surface area contributed by atoms with Crippen LogP contribution < -0.4 is 4.74 Å². The van der Waals surface area contributed by atoms with Crippen molar-refractivity contribution in [3.63, 3.8) is 0 Å².